The standard InChI is InChI=1S/C23H24N2O5S/c1-16-14-21(17(2)25(16)19-8-6-5-7-9-19)22(26)15-30-23(27)18-10-12-20(13-11-18)31(28,29)24(3)4/h5-14H,15H2,1-4H3. The minimum atomic E-state index is -3.59. The van der Waals surface area contributed by atoms with Crippen molar-refractivity contribution in [3.05, 3.63) is 83.2 Å². The Bertz CT molecular complexity index is 1210. The molecule has 0 saturated carbocycles. The van der Waals surface area contributed by atoms with Crippen LogP contribution in [0.15, 0.2) is 65.6 Å². The molecule has 1 heterocycles. The van der Waals surface area contributed by atoms with E-state index in [0.717, 1.165) is 21.4 Å². The fourth-order valence-corrected chi connectivity index (χ4v) is 4.19. The molecule has 0 N–H and O–H groups in total. The van der Waals surface area contributed by atoms with Crippen molar-refractivity contribution in [1.82, 2.24) is 8.87 Å². The van der Waals surface area contributed by atoms with Crippen LogP contribution in [0.25, 0.3) is 5.69 Å². The van der Waals surface area contributed by atoms with Gasteiger partial charge < -0.3 is 9.30 Å². The predicted molar refractivity (Wildman–Crippen MR) is 117 cm³/mol. The lowest BCUT2D eigenvalue weighted by molar-refractivity contribution is 0.0474. The Hall–Kier alpha value is -3.23. The number of rotatable bonds is 7. The second kappa shape index (κ2) is 8.87. The summed E-state index contributed by atoms with van der Waals surface area (Å²) in [6.45, 7) is 3.35. The number of Topliss-reactive ketones (excluding diaryl/α,β-unsaturated/α-hetero) is 1. The smallest absolute Gasteiger partial charge is 0.338 e. The van der Waals surface area contributed by atoms with E-state index in [1.54, 1.807) is 6.07 Å². The molecule has 0 aliphatic carbocycles. The van der Waals surface area contributed by atoms with Crippen LogP contribution in [-0.4, -0.2) is 49.7 Å². The highest BCUT2D eigenvalue weighted by Gasteiger charge is 2.20. The number of ketones is 1. The molecule has 0 spiro atoms. The average Bonchev–Trinajstić information content (AvgIpc) is 3.06. The Morgan fingerprint density at radius 1 is 0.968 bits per heavy atom. The molecule has 0 saturated heterocycles. The zero-order chi connectivity index (χ0) is 22.8. The topological polar surface area (TPSA) is 85.7 Å². The van der Waals surface area contributed by atoms with Gasteiger partial charge in [0.15, 0.2) is 6.61 Å². The monoisotopic (exact) mass is 440 g/mol. The van der Waals surface area contributed by atoms with E-state index in [2.05, 4.69) is 0 Å². The largest absolute Gasteiger partial charge is 0.454 e. The van der Waals surface area contributed by atoms with Crippen molar-refractivity contribution in [2.75, 3.05) is 20.7 Å². The number of sulfonamides is 1. The van der Waals surface area contributed by atoms with Gasteiger partial charge in [-0.1, -0.05) is 18.2 Å². The fraction of sp³-hybridized carbons (Fsp3) is 0.217. The van der Waals surface area contributed by atoms with Gasteiger partial charge in [-0.25, -0.2) is 17.5 Å². The summed E-state index contributed by atoms with van der Waals surface area (Å²) in [6, 6.07) is 16.9. The van der Waals surface area contributed by atoms with E-state index in [-0.39, 0.29) is 16.2 Å². The van der Waals surface area contributed by atoms with Gasteiger partial charge in [-0.3, -0.25) is 4.79 Å². The molecule has 162 valence electrons. The summed E-state index contributed by atoms with van der Waals surface area (Å²) >= 11 is 0. The van der Waals surface area contributed by atoms with Gasteiger partial charge in [0.1, 0.15) is 0 Å². The minimum absolute atomic E-state index is 0.0680. The molecule has 7 nitrogen and oxygen atoms in total. The number of carbonyl (C=O) groups is 2. The lowest BCUT2D eigenvalue weighted by atomic mass is 10.1. The molecule has 0 fully saturated rings. The number of benzene rings is 2. The van der Waals surface area contributed by atoms with Gasteiger partial charge in [0, 0.05) is 36.7 Å². The summed E-state index contributed by atoms with van der Waals surface area (Å²) in [5, 5.41) is 0. The van der Waals surface area contributed by atoms with Gasteiger partial charge in [-0.05, 0) is 56.3 Å². The maximum Gasteiger partial charge on any atom is 0.338 e. The first-order valence-corrected chi connectivity index (χ1v) is 11.0. The highest BCUT2D eigenvalue weighted by molar-refractivity contribution is 7.89. The molecule has 0 bridgehead atoms. The predicted octanol–water partition coefficient (Wildman–Crippen LogP) is 3.38. The molecule has 0 radical (unpaired) electrons. The van der Waals surface area contributed by atoms with Crippen LogP contribution in [-0.2, 0) is 14.8 Å². The lowest BCUT2D eigenvalue weighted by Crippen LogP contribution is -2.22. The van der Waals surface area contributed by atoms with Gasteiger partial charge in [-0.15, -0.1) is 0 Å². The second-order valence-electron chi connectivity index (χ2n) is 7.27. The first-order valence-electron chi connectivity index (χ1n) is 9.60. The van der Waals surface area contributed by atoms with Crippen LogP contribution >= 0.6 is 0 Å². The van der Waals surface area contributed by atoms with Crippen LogP contribution in [0.4, 0.5) is 0 Å². The van der Waals surface area contributed by atoms with Crippen molar-refractivity contribution in [3.63, 3.8) is 0 Å². The van der Waals surface area contributed by atoms with Gasteiger partial charge >= 0.3 is 5.97 Å². The molecule has 0 aliphatic heterocycles. The van der Waals surface area contributed by atoms with Crippen molar-refractivity contribution in [3.8, 4) is 5.69 Å². The second-order valence-corrected chi connectivity index (χ2v) is 9.42. The molecule has 0 atom stereocenters. The van der Waals surface area contributed by atoms with Crippen molar-refractivity contribution < 1.29 is 22.7 Å². The molecule has 0 unspecified atom stereocenters. The third-order valence-corrected chi connectivity index (χ3v) is 6.78. The number of hydrogen-bond donors (Lipinski definition) is 0. The molecule has 0 amide bonds. The number of esters is 1. The zero-order valence-electron chi connectivity index (χ0n) is 17.8. The summed E-state index contributed by atoms with van der Waals surface area (Å²) in [5.74, 6) is -1.01. The first-order chi connectivity index (χ1) is 14.6. The maximum atomic E-state index is 12.7. The maximum absolute atomic E-state index is 12.7. The number of para-hydroxylation sites is 1. The van der Waals surface area contributed by atoms with Crippen LogP contribution in [0.1, 0.15) is 32.1 Å². The first kappa shape index (κ1) is 22.5. The van der Waals surface area contributed by atoms with E-state index >= 15 is 0 Å². The van der Waals surface area contributed by atoms with E-state index in [1.807, 2.05) is 48.7 Å². The van der Waals surface area contributed by atoms with Gasteiger partial charge in [0.05, 0.1) is 10.5 Å². The van der Waals surface area contributed by atoms with E-state index in [9.17, 15) is 18.0 Å². The molecule has 31 heavy (non-hydrogen) atoms. The Morgan fingerprint density at radius 3 is 2.16 bits per heavy atom. The van der Waals surface area contributed by atoms with Gasteiger partial charge in [0.25, 0.3) is 0 Å². The molecular weight excluding hydrogens is 416 g/mol. The van der Waals surface area contributed by atoms with E-state index in [0.29, 0.717) is 5.56 Å². The molecule has 3 rings (SSSR count). The van der Waals surface area contributed by atoms with E-state index < -0.39 is 22.6 Å². The lowest BCUT2D eigenvalue weighted by Gasteiger charge is -2.11. The summed E-state index contributed by atoms with van der Waals surface area (Å²) in [7, 11) is -0.729. The SMILES string of the molecule is Cc1cc(C(=O)COC(=O)c2ccc(S(=O)(=O)N(C)C)cc2)c(C)n1-c1ccccc1. The minimum Gasteiger partial charge on any atom is -0.454 e. The Balaban J connectivity index is 1.71. The normalized spacial score (nSPS) is 11.5. The van der Waals surface area contributed by atoms with Crippen LogP contribution in [0.2, 0.25) is 0 Å². The highest BCUT2D eigenvalue weighted by atomic mass is 32.2. The van der Waals surface area contributed by atoms with Crippen molar-refractivity contribution in [2.24, 2.45) is 0 Å². The number of ether oxygens (including phenoxy) is 1. The number of carbonyl (C=O) groups excluding carboxylic acids is 2. The average molecular weight is 441 g/mol. The Morgan fingerprint density at radius 2 is 1.58 bits per heavy atom. The third-order valence-electron chi connectivity index (χ3n) is 4.95. The number of aromatic nitrogens is 1. The quantitative estimate of drug-likeness (QED) is 0.415. The van der Waals surface area contributed by atoms with Crippen LogP contribution in [0, 0.1) is 13.8 Å². The Kier molecular flexibility index (Phi) is 6.42. The molecule has 0 aliphatic rings. The molecular formula is C23H24N2O5S. The van der Waals surface area contributed by atoms with Crippen LogP contribution < -0.4 is 0 Å². The van der Waals surface area contributed by atoms with Crippen molar-refractivity contribution in [1.29, 1.82) is 0 Å². The summed E-state index contributed by atoms with van der Waals surface area (Å²) in [4.78, 5) is 25.1. The summed E-state index contributed by atoms with van der Waals surface area (Å²) < 4.78 is 32.5. The molecule has 8 heteroatoms. The van der Waals surface area contributed by atoms with Gasteiger partial charge in [-0.2, -0.15) is 0 Å². The number of aryl methyl sites for hydroxylation is 1. The third kappa shape index (κ3) is 4.60. The summed E-state index contributed by atoms with van der Waals surface area (Å²) in [6.07, 6.45) is 0. The molecule has 2 aromatic carbocycles. The van der Waals surface area contributed by atoms with E-state index in [1.165, 1.54) is 38.4 Å². The highest BCUT2D eigenvalue weighted by Crippen LogP contribution is 2.21. The van der Waals surface area contributed by atoms with E-state index in [4.69, 9.17) is 4.74 Å². The van der Waals surface area contributed by atoms with Crippen LogP contribution in [0.3, 0.4) is 0 Å². The van der Waals surface area contributed by atoms with Gasteiger partial charge in [0.2, 0.25) is 15.8 Å². The molecule has 3 aromatic rings. The van der Waals surface area contributed by atoms with Crippen LogP contribution in [0.5, 0.6) is 0 Å². The molecule has 1 aromatic heterocycles. The zero-order valence-corrected chi connectivity index (χ0v) is 18.6. The Labute approximate surface area is 181 Å². The summed E-state index contributed by atoms with van der Waals surface area (Å²) in [5.41, 5.74) is 3.27. The van der Waals surface area contributed by atoms with Crippen molar-refractivity contribution in [2.45, 2.75) is 18.7 Å². The van der Waals surface area contributed by atoms with Crippen molar-refractivity contribution >= 4 is 21.8 Å². The fourth-order valence-electron chi connectivity index (χ4n) is 3.29. The number of hydrogen-bond acceptors (Lipinski definition) is 5. The number of nitrogens with zero attached hydrogens (tertiary/aromatic N) is 2.